The fourth-order valence-corrected chi connectivity index (χ4v) is 3.11. The number of nitrogens with two attached hydrogens (primary N) is 1. The molecule has 0 radical (unpaired) electrons. The van der Waals surface area contributed by atoms with E-state index < -0.39 is 0 Å². The number of aryl methyl sites for hydroxylation is 1. The van der Waals surface area contributed by atoms with Gasteiger partial charge >= 0.3 is 0 Å². The van der Waals surface area contributed by atoms with Crippen molar-refractivity contribution in [2.24, 2.45) is 5.73 Å². The maximum absolute atomic E-state index is 5.69. The Morgan fingerprint density at radius 3 is 2.87 bits per heavy atom. The number of nitrogens with one attached hydrogen (secondary N) is 1. The zero-order chi connectivity index (χ0) is 11.3. The molecule has 2 rings (SSSR count). The molecule has 1 unspecified atom stereocenters. The quantitative estimate of drug-likeness (QED) is 0.812. The number of likely N-dealkylation sites (N-methyl/N-ethyl adjacent to an activating group) is 1. The smallest absolute Gasteiger partial charge is 0.0189 e. The van der Waals surface area contributed by atoms with Crippen LogP contribution in [0.25, 0.3) is 0 Å². The molecule has 1 aliphatic carbocycles. The lowest BCUT2D eigenvalue weighted by molar-refractivity contribution is 0.498. The second-order valence-corrected chi connectivity index (χ2v) is 4.56. The molecule has 0 fully saturated rings. The SMILES string of the molecule is CC.CNC1CCc2scc(CN)c2C1. The number of fused-ring (bicyclic) bond motifs is 1. The monoisotopic (exact) mass is 226 g/mol. The average molecular weight is 226 g/mol. The van der Waals surface area contributed by atoms with E-state index in [-0.39, 0.29) is 0 Å². The first-order valence-electron chi connectivity index (χ1n) is 5.80. The lowest BCUT2D eigenvalue weighted by Gasteiger charge is -2.22. The summed E-state index contributed by atoms with van der Waals surface area (Å²) in [4.78, 5) is 1.56. The van der Waals surface area contributed by atoms with Gasteiger partial charge in [-0.05, 0) is 42.8 Å². The third-order valence-corrected chi connectivity index (χ3v) is 4.00. The van der Waals surface area contributed by atoms with Gasteiger partial charge in [-0.25, -0.2) is 0 Å². The van der Waals surface area contributed by atoms with E-state index in [0.29, 0.717) is 12.6 Å². The number of hydrogen-bond donors (Lipinski definition) is 2. The van der Waals surface area contributed by atoms with E-state index in [4.69, 9.17) is 5.73 Å². The zero-order valence-electron chi connectivity index (χ0n) is 9.97. The molecular weight excluding hydrogens is 204 g/mol. The molecule has 1 atom stereocenters. The normalized spacial score (nSPS) is 19.1. The molecule has 0 aromatic carbocycles. The van der Waals surface area contributed by atoms with Crippen molar-refractivity contribution in [1.29, 1.82) is 0 Å². The average Bonchev–Trinajstić information content (AvgIpc) is 2.73. The summed E-state index contributed by atoms with van der Waals surface area (Å²) in [5, 5.41) is 5.57. The van der Waals surface area contributed by atoms with Gasteiger partial charge in [0.25, 0.3) is 0 Å². The number of rotatable bonds is 2. The van der Waals surface area contributed by atoms with Crippen molar-refractivity contribution in [3.05, 3.63) is 21.4 Å². The van der Waals surface area contributed by atoms with Crippen LogP contribution in [0.1, 0.15) is 36.3 Å². The van der Waals surface area contributed by atoms with E-state index in [1.807, 2.05) is 32.2 Å². The first kappa shape index (κ1) is 12.7. The van der Waals surface area contributed by atoms with E-state index in [0.717, 1.165) is 0 Å². The summed E-state index contributed by atoms with van der Waals surface area (Å²) in [7, 11) is 2.05. The van der Waals surface area contributed by atoms with Crippen LogP contribution in [0.2, 0.25) is 0 Å². The molecule has 0 aliphatic heterocycles. The Labute approximate surface area is 96.9 Å². The van der Waals surface area contributed by atoms with Crippen LogP contribution in [0, 0.1) is 0 Å². The number of hydrogen-bond acceptors (Lipinski definition) is 3. The highest BCUT2D eigenvalue weighted by molar-refractivity contribution is 7.10. The molecule has 0 saturated heterocycles. The Balaban J connectivity index is 0.000000531. The fourth-order valence-electron chi connectivity index (χ4n) is 1.99. The third kappa shape index (κ3) is 2.80. The van der Waals surface area contributed by atoms with Gasteiger partial charge in [0.15, 0.2) is 0 Å². The first-order chi connectivity index (χ1) is 7.35. The molecule has 15 heavy (non-hydrogen) atoms. The van der Waals surface area contributed by atoms with Gasteiger partial charge in [0.2, 0.25) is 0 Å². The second-order valence-electron chi connectivity index (χ2n) is 3.60. The van der Waals surface area contributed by atoms with E-state index in [1.54, 1.807) is 4.88 Å². The van der Waals surface area contributed by atoms with E-state index >= 15 is 0 Å². The minimum Gasteiger partial charge on any atom is -0.326 e. The summed E-state index contributed by atoms with van der Waals surface area (Å²) in [5.41, 5.74) is 8.58. The van der Waals surface area contributed by atoms with Crippen LogP contribution in [0.3, 0.4) is 0 Å². The summed E-state index contributed by atoms with van der Waals surface area (Å²) < 4.78 is 0. The minimum atomic E-state index is 0.660. The van der Waals surface area contributed by atoms with Crippen LogP contribution < -0.4 is 11.1 Å². The predicted molar refractivity (Wildman–Crippen MR) is 68.4 cm³/mol. The zero-order valence-corrected chi connectivity index (χ0v) is 10.8. The molecule has 3 heteroatoms. The standard InChI is InChI=1S/C10H16N2S.C2H6/c1-12-8-2-3-10-9(4-8)7(5-11)6-13-10;1-2/h6,8,12H,2-5,11H2,1H3;1-2H3. The van der Waals surface area contributed by atoms with Gasteiger partial charge in [-0.1, -0.05) is 13.8 Å². The van der Waals surface area contributed by atoms with Crippen molar-refractivity contribution >= 4 is 11.3 Å². The molecule has 1 aliphatic rings. The van der Waals surface area contributed by atoms with Gasteiger partial charge in [-0.3, -0.25) is 0 Å². The Bertz CT molecular complexity index is 280. The van der Waals surface area contributed by atoms with E-state index in [1.165, 1.54) is 30.4 Å². The highest BCUT2D eigenvalue weighted by Gasteiger charge is 2.20. The Hall–Kier alpha value is -0.380. The van der Waals surface area contributed by atoms with Crippen LogP contribution >= 0.6 is 11.3 Å². The van der Waals surface area contributed by atoms with Crippen LogP contribution in [-0.2, 0) is 19.4 Å². The van der Waals surface area contributed by atoms with Crippen molar-refractivity contribution in [1.82, 2.24) is 5.32 Å². The number of thiophene rings is 1. The van der Waals surface area contributed by atoms with Crippen molar-refractivity contribution in [3.63, 3.8) is 0 Å². The summed E-state index contributed by atoms with van der Waals surface area (Å²) in [6.07, 6.45) is 3.67. The van der Waals surface area contributed by atoms with Gasteiger partial charge in [0, 0.05) is 17.5 Å². The largest absolute Gasteiger partial charge is 0.326 e. The van der Waals surface area contributed by atoms with Crippen LogP contribution in [0.15, 0.2) is 5.38 Å². The fraction of sp³-hybridized carbons (Fsp3) is 0.667. The molecule has 1 heterocycles. The summed E-state index contributed by atoms with van der Waals surface area (Å²) >= 11 is 1.88. The van der Waals surface area contributed by atoms with Crippen molar-refractivity contribution in [2.75, 3.05) is 7.05 Å². The highest BCUT2D eigenvalue weighted by Crippen LogP contribution is 2.29. The third-order valence-electron chi connectivity index (χ3n) is 2.87. The van der Waals surface area contributed by atoms with E-state index in [2.05, 4.69) is 10.7 Å². The molecule has 1 aromatic rings. The van der Waals surface area contributed by atoms with Crippen LogP contribution in [0.4, 0.5) is 0 Å². The second kappa shape index (κ2) is 6.26. The van der Waals surface area contributed by atoms with Crippen LogP contribution in [0.5, 0.6) is 0 Å². The molecule has 0 spiro atoms. The summed E-state index contributed by atoms with van der Waals surface area (Å²) in [5.74, 6) is 0. The maximum Gasteiger partial charge on any atom is 0.0189 e. The van der Waals surface area contributed by atoms with Crippen molar-refractivity contribution < 1.29 is 0 Å². The summed E-state index contributed by atoms with van der Waals surface area (Å²) in [6, 6.07) is 0.660. The topological polar surface area (TPSA) is 38.0 Å². The molecular formula is C12H22N2S. The van der Waals surface area contributed by atoms with Gasteiger partial charge in [-0.15, -0.1) is 11.3 Å². The lowest BCUT2D eigenvalue weighted by atomic mass is 9.92. The summed E-state index contributed by atoms with van der Waals surface area (Å²) in [6.45, 7) is 4.70. The molecule has 0 bridgehead atoms. The first-order valence-corrected chi connectivity index (χ1v) is 6.68. The molecule has 0 saturated carbocycles. The van der Waals surface area contributed by atoms with Gasteiger partial charge in [0.05, 0.1) is 0 Å². The van der Waals surface area contributed by atoms with E-state index in [9.17, 15) is 0 Å². The van der Waals surface area contributed by atoms with Crippen LogP contribution in [-0.4, -0.2) is 13.1 Å². The van der Waals surface area contributed by atoms with Crippen molar-refractivity contribution in [2.45, 2.75) is 45.7 Å². The van der Waals surface area contributed by atoms with Crippen molar-refractivity contribution in [3.8, 4) is 0 Å². The molecule has 2 nitrogen and oxygen atoms in total. The molecule has 3 N–H and O–H groups in total. The Morgan fingerprint density at radius 1 is 1.53 bits per heavy atom. The minimum absolute atomic E-state index is 0.660. The molecule has 0 amide bonds. The lowest BCUT2D eigenvalue weighted by Crippen LogP contribution is -2.31. The highest BCUT2D eigenvalue weighted by atomic mass is 32.1. The molecule has 1 aromatic heterocycles. The van der Waals surface area contributed by atoms with Gasteiger partial charge < -0.3 is 11.1 Å². The Kier molecular flexibility index (Phi) is 5.29. The van der Waals surface area contributed by atoms with Gasteiger partial charge in [0.1, 0.15) is 0 Å². The Morgan fingerprint density at radius 2 is 2.27 bits per heavy atom. The molecule has 86 valence electrons. The van der Waals surface area contributed by atoms with Gasteiger partial charge in [-0.2, -0.15) is 0 Å². The maximum atomic E-state index is 5.69. The predicted octanol–water partition coefficient (Wildman–Crippen LogP) is 2.31.